The zero-order valence-corrected chi connectivity index (χ0v) is 13.0. The number of esters is 1. The van der Waals surface area contributed by atoms with Crippen LogP contribution in [0.3, 0.4) is 0 Å². The number of carbonyl (C=O) groups is 1. The molecule has 0 fully saturated rings. The molecule has 0 amide bonds. The summed E-state index contributed by atoms with van der Waals surface area (Å²) in [4.78, 5) is 15.0. The molecule has 0 atom stereocenters. The van der Waals surface area contributed by atoms with Gasteiger partial charge >= 0.3 is 5.97 Å². The number of phenols is 2. The molecule has 3 aromatic carbocycles. The van der Waals surface area contributed by atoms with Crippen molar-refractivity contribution in [2.24, 2.45) is 0 Å². The van der Waals surface area contributed by atoms with Gasteiger partial charge in [-0.25, -0.2) is 4.79 Å². The van der Waals surface area contributed by atoms with Gasteiger partial charge in [0.25, 0.3) is 0 Å². The first-order valence-corrected chi connectivity index (χ1v) is 7.66. The molecule has 0 unspecified atom stereocenters. The third-order valence-corrected chi connectivity index (χ3v) is 4.25. The van der Waals surface area contributed by atoms with Crippen molar-refractivity contribution in [3.05, 3.63) is 48.2 Å². The average Bonchev–Trinajstić information content (AvgIpc) is 3.04. The predicted octanol–water partition coefficient (Wildman–Crippen LogP) is 4.06. The highest BCUT2D eigenvalue weighted by molar-refractivity contribution is 6.18. The van der Waals surface area contributed by atoms with E-state index in [0.717, 1.165) is 10.8 Å². The summed E-state index contributed by atoms with van der Waals surface area (Å²) in [5.41, 5.74) is 0.521. The molecule has 0 saturated carbocycles. The van der Waals surface area contributed by atoms with Crippen LogP contribution in [0.5, 0.6) is 11.5 Å². The number of aromatic nitrogens is 1. The molecule has 3 N–H and O–H groups in total. The summed E-state index contributed by atoms with van der Waals surface area (Å²) in [6, 6.07) is 11.3. The zero-order chi connectivity index (χ0) is 16.8. The van der Waals surface area contributed by atoms with Crippen molar-refractivity contribution in [3.63, 3.8) is 0 Å². The second-order valence-corrected chi connectivity index (χ2v) is 5.61. The normalized spacial score (nSPS) is 11.4. The van der Waals surface area contributed by atoms with E-state index in [1.54, 1.807) is 13.0 Å². The lowest BCUT2D eigenvalue weighted by Crippen LogP contribution is -2.03. The van der Waals surface area contributed by atoms with Gasteiger partial charge in [-0.15, -0.1) is 0 Å². The number of aromatic amines is 1. The zero-order valence-electron chi connectivity index (χ0n) is 13.0. The number of phenolic OH excluding ortho intramolecular Hbond substituents is 2. The van der Waals surface area contributed by atoms with E-state index >= 15 is 0 Å². The summed E-state index contributed by atoms with van der Waals surface area (Å²) in [5, 5.41) is 24.5. The summed E-state index contributed by atoms with van der Waals surface area (Å²) in [6.45, 7) is 1.95. The van der Waals surface area contributed by atoms with Crippen molar-refractivity contribution in [3.8, 4) is 11.5 Å². The first-order valence-electron chi connectivity index (χ1n) is 7.66. The smallest absolute Gasteiger partial charge is 0.340 e. The molecule has 0 bridgehead atoms. The van der Waals surface area contributed by atoms with Gasteiger partial charge in [0.1, 0.15) is 11.5 Å². The quantitative estimate of drug-likeness (QED) is 0.295. The van der Waals surface area contributed by atoms with Gasteiger partial charge in [0, 0.05) is 17.0 Å². The molecule has 1 aromatic heterocycles. The number of H-pyrrole nitrogens is 1. The van der Waals surface area contributed by atoms with Crippen molar-refractivity contribution in [1.82, 2.24) is 4.98 Å². The summed E-state index contributed by atoms with van der Waals surface area (Å²) in [5.74, 6) is -0.592. The standard InChI is InChI=1S/C19H15NO4/c1-2-24-19(23)14-9-20-16-15(14)17(21)12-7-10-5-3-4-6-11(10)8-13(12)18(16)22/h3-9,20-22H,2H2,1H3. The Bertz CT molecular complexity index is 1110. The van der Waals surface area contributed by atoms with Gasteiger partial charge < -0.3 is 19.9 Å². The average molecular weight is 321 g/mol. The molecule has 1 heterocycles. The molecule has 4 rings (SSSR count). The van der Waals surface area contributed by atoms with E-state index in [-0.39, 0.29) is 29.1 Å². The maximum atomic E-state index is 12.1. The van der Waals surface area contributed by atoms with E-state index in [4.69, 9.17) is 4.74 Å². The van der Waals surface area contributed by atoms with E-state index in [2.05, 4.69) is 4.98 Å². The first-order chi connectivity index (χ1) is 11.6. The number of benzene rings is 3. The number of nitrogens with one attached hydrogen (secondary N) is 1. The molecule has 0 spiro atoms. The molecular formula is C19H15NO4. The molecule has 0 saturated heterocycles. The summed E-state index contributed by atoms with van der Waals surface area (Å²) >= 11 is 0. The Balaban J connectivity index is 2.13. The van der Waals surface area contributed by atoms with Crippen LogP contribution in [0.25, 0.3) is 32.4 Å². The second kappa shape index (κ2) is 5.16. The highest BCUT2D eigenvalue weighted by Crippen LogP contribution is 2.44. The van der Waals surface area contributed by atoms with Crippen LogP contribution in [0.15, 0.2) is 42.6 Å². The lowest BCUT2D eigenvalue weighted by atomic mass is 9.99. The van der Waals surface area contributed by atoms with E-state index < -0.39 is 5.97 Å². The number of hydrogen-bond acceptors (Lipinski definition) is 4. The number of aromatic hydroxyl groups is 2. The Kier molecular flexibility index (Phi) is 3.09. The molecule has 4 aromatic rings. The lowest BCUT2D eigenvalue weighted by molar-refractivity contribution is 0.0528. The van der Waals surface area contributed by atoms with Crippen LogP contribution in [-0.2, 0) is 4.74 Å². The fourth-order valence-corrected chi connectivity index (χ4v) is 3.13. The van der Waals surface area contributed by atoms with E-state index in [0.29, 0.717) is 16.3 Å². The van der Waals surface area contributed by atoms with Gasteiger partial charge in [0.2, 0.25) is 0 Å². The van der Waals surface area contributed by atoms with Crippen LogP contribution in [-0.4, -0.2) is 27.8 Å². The SMILES string of the molecule is CCOC(=O)c1c[nH]c2c(O)c3cc4ccccc4cc3c(O)c12. The highest BCUT2D eigenvalue weighted by Gasteiger charge is 2.22. The van der Waals surface area contributed by atoms with Crippen LogP contribution in [0, 0.1) is 0 Å². The maximum Gasteiger partial charge on any atom is 0.340 e. The van der Waals surface area contributed by atoms with Crippen LogP contribution in [0.4, 0.5) is 0 Å². The number of hydrogen-bond donors (Lipinski definition) is 3. The summed E-state index contributed by atoms with van der Waals surface area (Å²) in [7, 11) is 0. The van der Waals surface area contributed by atoms with E-state index in [1.807, 2.05) is 30.3 Å². The van der Waals surface area contributed by atoms with Crippen molar-refractivity contribution >= 4 is 38.4 Å². The molecule has 24 heavy (non-hydrogen) atoms. The second-order valence-electron chi connectivity index (χ2n) is 5.61. The first kappa shape index (κ1) is 14.4. The van der Waals surface area contributed by atoms with E-state index in [1.165, 1.54) is 6.20 Å². The number of ether oxygens (including phenoxy) is 1. The van der Waals surface area contributed by atoms with Crippen LogP contribution in [0.2, 0.25) is 0 Å². The molecule has 0 aliphatic carbocycles. The van der Waals surface area contributed by atoms with Crippen molar-refractivity contribution in [2.75, 3.05) is 6.61 Å². The third-order valence-electron chi connectivity index (χ3n) is 4.25. The summed E-state index contributed by atoms with van der Waals surface area (Å²) < 4.78 is 5.02. The molecule has 0 radical (unpaired) electrons. The van der Waals surface area contributed by atoms with Crippen molar-refractivity contribution < 1.29 is 19.7 Å². The molecule has 5 heteroatoms. The fraction of sp³-hybridized carbons (Fsp3) is 0.105. The third kappa shape index (κ3) is 1.91. The number of fused-ring (bicyclic) bond motifs is 3. The highest BCUT2D eigenvalue weighted by atomic mass is 16.5. The number of carbonyl (C=O) groups excluding carboxylic acids is 1. The monoisotopic (exact) mass is 321 g/mol. The maximum absolute atomic E-state index is 12.1. The van der Waals surface area contributed by atoms with Gasteiger partial charge in [-0.1, -0.05) is 24.3 Å². The summed E-state index contributed by atoms with van der Waals surface area (Å²) in [6.07, 6.45) is 1.45. The van der Waals surface area contributed by atoms with Gasteiger partial charge in [0.05, 0.1) is 23.1 Å². The topological polar surface area (TPSA) is 82.6 Å². The number of rotatable bonds is 2. The Hall–Kier alpha value is -3.21. The molecule has 120 valence electrons. The van der Waals surface area contributed by atoms with Crippen molar-refractivity contribution in [2.45, 2.75) is 6.92 Å². The predicted molar refractivity (Wildman–Crippen MR) is 92.6 cm³/mol. The molecular weight excluding hydrogens is 306 g/mol. The van der Waals surface area contributed by atoms with Crippen LogP contribution >= 0.6 is 0 Å². The van der Waals surface area contributed by atoms with Crippen molar-refractivity contribution in [1.29, 1.82) is 0 Å². The van der Waals surface area contributed by atoms with E-state index in [9.17, 15) is 15.0 Å². The molecule has 5 nitrogen and oxygen atoms in total. The Morgan fingerprint density at radius 3 is 2.33 bits per heavy atom. The van der Waals surface area contributed by atoms with Gasteiger partial charge in [0.15, 0.2) is 0 Å². The Morgan fingerprint density at radius 2 is 1.71 bits per heavy atom. The molecule has 0 aliphatic rings. The minimum Gasteiger partial charge on any atom is -0.507 e. The lowest BCUT2D eigenvalue weighted by Gasteiger charge is -2.09. The van der Waals surface area contributed by atoms with Crippen LogP contribution < -0.4 is 0 Å². The Morgan fingerprint density at radius 1 is 1.08 bits per heavy atom. The Labute approximate surface area is 137 Å². The largest absolute Gasteiger partial charge is 0.507 e. The minimum atomic E-state index is -0.543. The van der Waals surface area contributed by atoms with Crippen LogP contribution in [0.1, 0.15) is 17.3 Å². The molecule has 0 aliphatic heterocycles. The fourth-order valence-electron chi connectivity index (χ4n) is 3.13. The van der Waals surface area contributed by atoms with Gasteiger partial charge in [-0.3, -0.25) is 0 Å². The van der Waals surface area contributed by atoms with Gasteiger partial charge in [-0.05, 0) is 29.8 Å². The minimum absolute atomic E-state index is 0.000832. The van der Waals surface area contributed by atoms with Gasteiger partial charge in [-0.2, -0.15) is 0 Å².